The Balaban J connectivity index is 1.83. The van der Waals surface area contributed by atoms with Crippen molar-refractivity contribution in [1.29, 1.82) is 0 Å². The molecular formula is C23H21F5O5. The maximum atomic E-state index is 12.8. The Bertz CT molecular complexity index is 951. The molecule has 0 bridgehead atoms. The van der Waals surface area contributed by atoms with E-state index in [0.717, 1.165) is 0 Å². The molecule has 0 fully saturated rings. The first-order valence-electron chi connectivity index (χ1n) is 9.86. The Morgan fingerprint density at radius 2 is 1.52 bits per heavy atom. The van der Waals surface area contributed by atoms with Crippen LogP contribution < -0.4 is 9.47 Å². The first kappa shape index (κ1) is 25.8. The minimum Gasteiger partial charge on any atom is -0.494 e. The van der Waals surface area contributed by atoms with Gasteiger partial charge in [-0.1, -0.05) is 12.1 Å². The third-order valence-electron chi connectivity index (χ3n) is 4.20. The van der Waals surface area contributed by atoms with Crippen molar-refractivity contribution in [3.8, 4) is 11.5 Å². The van der Waals surface area contributed by atoms with Gasteiger partial charge in [0.1, 0.15) is 11.5 Å². The van der Waals surface area contributed by atoms with Crippen LogP contribution in [0.25, 0.3) is 6.08 Å². The summed E-state index contributed by atoms with van der Waals surface area (Å²) >= 11 is 0. The van der Waals surface area contributed by atoms with Gasteiger partial charge in [-0.3, -0.25) is 0 Å². The van der Waals surface area contributed by atoms with E-state index in [9.17, 15) is 31.5 Å². The zero-order valence-corrected chi connectivity index (χ0v) is 17.5. The van der Waals surface area contributed by atoms with Crippen LogP contribution in [0.15, 0.2) is 54.6 Å². The van der Waals surface area contributed by atoms with Gasteiger partial charge in [-0.25, -0.2) is 9.59 Å². The lowest BCUT2D eigenvalue weighted by Crippen LogP contribution is -2.36. The van der Waals surface area contributed by atoms with Crippen molar-refractivity contribution in [2.24, 2.45) is 0 Å². The number of benzene rings is 2. The molecule has 0 spiro atoms. The third-order valence-corrected chi connectivity index (χ3v) is 4.20. The van der Waals surface area contributed by atoms with Gasteiger partial charge in [0.05, 0.1) is 18.8 Å². The fourth-order valence-corrected chi connectivity index (χ4v) is 2.48. The van der Waals surface area contributed by atoms with Gasteiger partial charge in [-0.15, -0.1) is 0 Å². The summed E-state index contributed by atoms with van der Waals surface area (Å²) in [5, 5.41) is 0. The standard InChI is InChI=1S/C23H21F5O5/c1-2-31-20(29)13-6-16-4-9-19(10-5-16)33-21(30)17-7-11-18(12-8-17)32-15-3-14-22(24,25)23(26,27)28/h4-13H,2-3,14-15H2,1H3/b13-6+. The Hall–Kier alpha value is -3.43. The lowest BCUT2D eigenvalue weighted by atomic mass is 10.2. The number of esters is 2. The molecule has 0 unspecified atom stereocenters. The molecule has 0 saturated heterocycles. The summed E-state index contributed by atoms with van der Waals surface area (Å²) < 4.78 is 77.2. The molecule has 2 rings (SSSR count). The zero-order valence-electron chi connectivity index (χ0n) is 17.5. The van der Waals surface area contributed by atoms with E-state index in [-0.39, 0.29) is 30.3 Å². The van der Waals surface area contributed by atoms with Crippen LogP contribution in [0.4, 0.5) is 22.0 Å². The van der Waals surface area contributed by atoms with E-state index >= 15 is 0 Å². The molecule has 2 aromatic carbocycles. The van der Waals surface area contributed by atoms with Crippen LogP contribution in [0.1, 0.15) is 35.7 Å². The van der Waals surface area contributed by atoms with Crippen molar-refractivity contribution in [3.63, 3.8) is 0 Å². The molecule has 0 atom stereocenters. The average Bonchev–Trinajstić information content (AvgIpc) is 2.76. The van der Waals surface area contributed by atoms with Gasteiger partial charge in [-0.2, -0.15) is 22.0 Å². The van der Waals surface area contributed by atoms with E-state index < -0.39 is 36.9 Å². The van der Waals surface area contributed by atoms with Gasteiger partial charge >= 0.3 is 24.0 Å². The average molecular weight is 472 g/mol. The highest BCUT2D eigenvalue weighted by atomic mass is 19.4. The van der Waals surface area contributed by atoms with Crippen molar-refractivity contribution in [1.82, 2.24) is 0 Å². The monoisotopic (exact) mass is 472 g/mol. The second kappa shape index (κ2) is 11.4. The Morgan fingerprint density at radius 1 is 0.909 bits per heavy atom. The van der Waals surface area contributed by atoms with Crippen LogP contribution in [-0.4, -0.2) is 37.3 Å². The number of rotatable bonds is 10. The molecule has 10 heteroatoms. The highest BCUT2D eigenvalue weighted by molar-refractivity contribution is 5.91. The topological polar surface area (TPSA) is 61.8 Å². The van der Waals surface area contributed by atoms with Crippen LogP contribution in [-0.2, 0) is 9.53 Å². The summed E-state index contributed by atoms with van der Waals surface area (Å²) in [6.07, 6.45) is -4.64. The Labute approximate surface area is 186 Å². The fourth-order valence-electron chi connectivity index (χ4n) is 2.48. The second-order valence-electron chi connectivity index (χ2n) is 6.72. The van der Waals surface area contributed by atoms with Gasteiger partial charge in [0.15, 0.2) is 0 Å². The first-order valence-corrected chi connectivity index (χ1v) is 9.86. The van der Waals surface area contributed by atoms with Crippen molar-refractivity contribution in [3.05, 3.63) is 65.7 Å². The molecule has 0 aromatic heterocycles. The van der Waals surface area contributed by atoms with Gasteiger partial charge in [0.2, 0.25) is 0 Å². The van der Waals surface area contributed by atoms with E-state index in [1.807, 2.05) is 0 Å². The largest absolute Gasteiger partial charge is 0.494 e. The maximum absolute atomic E-state index is 12.8. The van der Waals surface area contributed by atoms with E-state index in [1.165, 1.54) is 42.5 Å². The van der Waals surface area contributed by atoms with E-state index in [4.69, 9.17) is 14.2 Å². The lowest BCUT2D eigenvalue weighted by Gasteiger charge is -2.19. The summed E-state index contributed by atoms with van der Waals surface area (Å²) in [6.45, 7) is 1.63. The number of halogens is 5. The molecule has 0 N–H and O–H groups in total. The number of hydrogen-bond donors (Lipinski definition) is 0. The predicted octanol–water partition coefficient (Wildman–Crippen LogP) is 5.84. The molecule has 5 nitrogen and oxygen atoms in total. The molecule has 0 amide bonds. The molecule has 178 valence electrons. The van der Waals surface area contributed by atoms with E-state index in [1.54, 1.807) is 25.1 Å². The summed E-state index contributed by atoms with van der Waals surface area (Å²) in [4.78, 5) is 23.5. The second-order valence-corrected chi connectivity index (χ2v) is 6.72. The van der Waals surface area contributed by atoms with Crippen LogP contribution >= 0.6 is 0 Å². The van der Waals surface area contributed by atoms with Crippen molar-refractivity contribution in [2.45, 2.75) is 31.9 Å². The Morgan fingerprint density at radius 3 is 2.09 bits per heavy atom. The summed E-state index contributed by atoms with van der Waals surface area (Å²) in [7, 11) is 0. The van der Waals surface area contributed by atoms with E-state index in [2.05, 4.69) is 0 Å². The van der Waals surface area contributed by atoms with Gasteiger partial charge in [0, 0.05) is 12.5 Å². The van der Waals surface area contributed by atoms with Crippen molar-refractivity contribution >= 4 is 18.0 Å². The minimum atomic E-state index is -5.59. The van der Waals surface area contributed by atoms with Gasteiger partial charge in [-0.05, 0) is 61.4 Å². The highest BCUT2D eigenvalue weighted by Crippen LogP contribution is 2.38. The van der Waals surface area contributed by atoms with E-state index in [0.29, 0.717) is 5.56 Å². The maximum Gasteiger partial charge on any atom is 0.453 e. The number of carbonyl (C=O) groups is 2. The molecular weight excluding hydrogens is 451 g/mol. The molecule has 0 aliphatic rings. The summed E-state index contributed by atoms with van der Waals surface area (Å²) in [6, 6.07) is 11.9. The predicted molar refractivity (Wildman–Crippen MR) is 109 cm³/mol. The highest BCUT2D eigenvalue weighted by Gasteiger charge is 2.56. The smallest absolute Gasteiger partial charge is 0.453 e. The number of alkyl halides is 5. The summed E-state index contributed by atoms with van der Waals surface area (Å²) in [5.74, 6) is -5.43. The quantitative estimate of drug-likeness (QED) is 0.143. The summed E-state index contributed by atoms with van der Waals surface area (Å²) in [5.41, 5.74) is 0.870. The molecule has 2 aromatic rings. The van der Waals surface area contributed by atoms with Crippen molar-refractivity contribution in [2.75, 3.05) is 13.2 Å². The molecule has 0 aliphatic carbocycles. The fraction of sp³-hybridized carbons (Fsp3) is 0.304. The first-order chi connectivity index (χ1) is 15.5. The zero-order chi connectivity index (χ0) is 24.5. The molecule has 0 radical (unpaired) electrons. The molecule has 0 aliphatic heterocycles. The molecule has 33 heavy (non-hydrogen) atoms. The lowest BCUT2D eigenvalue weighted by molar-refractivity contribution is -0.284. The molecule has 0 heterocycles. The van der Waals surface area contributed by atoms with Crippen LogP contribution in [0.3, 0.4) is 0 Å². The Kier molecular flexibility index (Phi) is 8.95. The number of ether oxygens (including phenoxy) is 3. The SMILES string of the molecule is CCOC(=O)/C=C/c1ccc(OC(=O)c2ccc(OCCCC(F)(F)C(F)(F)F)cc2)cc1. The normalized spacial score (nSPS) is 11.9. The minimum absolute atomic E-state index is 0.178. The number of carbonyl (C=O) groups excluding carboxylic acids is 2. The third kappa shape index (κ3) is 8.21. The van der Waals surface area contributed by atoms with Crippen LogP contribution in [0, 0.1) is 0 Å². The number of hydrogen-bond acceptors (Lipinski definition) is 5. The van der Waals surface area contributed by atoms with Crippen molar-refractivity contribution < 1.29 is 45.8 Å². The van der Waals surface area contributed by atoms with Gasteiger partial charge in [0.25, 0.3) is 0 Å². The van der Waals surface area contributed by atoms with Crippen LogP contribution in [0.5, 0.6) is 11.5 Å². The van der Waals surface area contributed by atoms with Gasteiger partial charge < -0.3 is 14.2 Å². The van der Waals surface area contributed by atoms with Crippen LogP contribution in [0.2, 0.25) is 0 Å². The molecule has 0 saturated carbocycles.